The summed E-state index contributed by atoms with van der Waals surface area (Å²) >= 11 is 6.73. The van der Waals surface area contributed by atoms with E-state index in [9.17, 15) is 0 Å². The van der Waals surface area contributed by atoms with Crippen LogP contribution in [0.4, 0.5) is 0 Å². The van der Waals surface area contributed by atoms with Crippen molar-refractivity contribution in [2.24, 2.45) is 0 Å². The van der Waals surface area contributed by atoms with E-state index in [2.05, 4.69) is 10.4 Å². The van der Waals surface area contributed by atoms with Crippen molar-refractivity contribution in [1.82, 2.24) is 4.37 Å². The molecule has 1 rings (SSSR count). The molecule has 0 saturated heterocycles. The van der Waals surface area contributed by atoms with Crippen molar-refractivity contribution in [1.29, 1.82) is 0 Å². The smallest absolute Gasteiger partial charge is 0.122 e. The van der Waals surface area contributed by atoms with Gasteiger partial charge in [-0.3, -0.25) is 0 Å². The molecule has 0 bridgehead atoms. The van der Waals surface area contributed by atoms with E-state index in [1.807, 2.05) is 6.92 Å². The molecule has 1 heterocycles. The summed E-state index contributed by atoms with van der Waals surface area (Å²) in [6.07, 6.45) is 0. The molecule has 0 aliphatic rings. The second kappa shape index (κ2) is 1.80. The standard InChI is InChI=1S/C4H3ClNS/c1-3-2-4(5)7-6-3/h1H3. The zero-order valence-corrected chi connectivity index (χ0v) is 5.31. The SMILES string of the molecule is Cc1[c]c(Cl)sn1. The predicted molar refractivity (Wildman–Crippen MR) is 30.7 cm³/mol. The fraction of sp³-hybridized carbons (Fsp3) is 0.250. The third-order valence-corrected chi connectivity index (χ3v) is 1.47. The Morgan fingerprint density at radius 2 is 2.57 bits per heavy atom. The van der Waals surface area contributed by atoms with Crippen LogP contribution in [-0.2, 0) is 0 Å². The molecule has 1 nitrogen and oxygen atoms in total. The van der Waals surface area contributed by atoms with Crippen LogP contribution >= 0.6 is 23.1 Å². The molecule has 0 atom stereocenters. The number of rotatable bonds is 0. The molecule has 7 heavy (non-hydrogen) atoms. The van der Waals surface area contributed by atoms with Crippen LogP contribution in [0.15, 0.2) is 0 Å². The van der Waals surface area contributed by atoms with E-state index in [0.717, 1.165) is 5.69 Å². The van der Waals surface area contributed by atoms with Crippen LogP contribution in [0.2, 0.25) is 4.34 Å². The highest BCUT2D eigenvalue weighted by atomic mass is 35.5. The van der Waals surface area contributed by atoms with E-state index in [0.29, 0.717) is 4.34 Å². The van der Waals surface area contributed by atoms with Crippen LogP contribution in [0.5, 0.6) is 0 Å². The topological polar surface area (TPSA) is 12.9 Å². The highest BCUT2D eigenvalue weighted by molar-refractivity contribution is 7.10. The normalized spacial score (nSPS) is 9.43. The van der Waals surface area contributed by atoms with E-state index in [1.165, 1.54) is 11.5 Å². The van der Waals surface area contributed by atoms with Crippen molar-refractivity contribution < 1.29 is 0 Å². The fourth-order valence-electron chi connectivity index (χ4n) is 0.296. The Morgan fingerprint density at radius 1 is 1.86 bits per heavy atom. The maximum atomic E-state index is 5.46. The molecule has 3 heteroatoms. The summed E-state index contributed by atoms with van der Waals surface area (Å²) in [5, 5.41) is 0. The Kier molecular flexibility index (Phi) is 1.30. The lowest BCUT2D eigenvalue weighted by atomic mass is 10.5. The molecule has 0 aliphatic heterocycles. The molecule has 0 saturated carbocycles. The van der Waals surface area contributed by atoms with Crippen molar-refractivity contribution in [2.45, 2.75) is 6.92 Å². The maximum Gasteiger partial charge on any atom is 0.122 e. The van der Waals surface area contributed by atoms with Crippen molar-refractivity contribution in [2.75, 3.05) is 0 Å². The Morgan fingerprint density at radius 3 is 2.71 bits per heavy atom. The van der Waals surface area contributed by atoms with E-state index in [4.69, 9.17) is 11.6 Å². The predicted octanol–water partition coefficient (Wildman–Crippen LogP) is 1.91. The minimum atomic E-state index is 0.637. The first-order valence-corrected chi connectivity index (χ1v) is 2.95. The molecule has 1 aromatic rings. The summed E-state index contributed by atoms with van der Waals surface area (Å²) in [4.78, 5) is 0. The number of hydrogen-bond donors (Lipinski definition) is 0. The highest BCUT2D eigenvalue weighted by Crippen LogP contribution is 2.13. The summed E-state index contributed by atoms with van der Waals surface area (Å²) < 4.78 is 4.51. The highest BCUT2D eigenvalue weighted by Gasteiger charge is 1.90. The molecular formula is C4H3ClNS. The number of hydrogen-bond acceptors (Lipinski definition) is 2. The molecule has 0 amide bonds. The van der Waals surface area contributed by atoms with E-state index >= 15 is 0 Å². The van der Waals surface area contributed by atoms with Gasteiger partial charge in [0.1, 0.15) is 4.34 Å². The van der Waals surface area contributed by atoms with Crippen molar-refractivity contribution in [3.05, 3.63) is 16.1 Å². The monoisotopic (exact) mass is 132 g/mol. The van der Waals surface area contributed by atoms with Crippen molar-refractivity contribution in [3.8, 4) is 0 Å². The number of nitrogens with zero attached hydrogens (tertiary/aromatic N) is 1. The van der Waals surface area contributed by atoms with Crippen LogP contribution in [-0.4, -0.2) is 4.37 Å². The maximum absolute atomic E-state index is 5.46. The van der Waals surface area contributed by atoms with Gasteiger partial charge in [-0.15, -0.1) is 0 Å². The molecule has 1 radical (unpaired) electrons. The van der Waals surface area contributed by atoms with Crippen molar-refractivity contribution >= 4 is 23.1 Å². The summed E-state index contributed by atoms with van der Waals surface area (Å²) in [6.45, 7) is 1.86. The van der Waals surface area contributed by atoms with Crippen LogP contribution in [0.1, 0.15) is 5.69 Å². The minimum Gasteiger partial charge on any atom is -0.196 e. The fourth-order valence-corrected chi connectivity index (χ4v) is 0.993. The summed E-state index contributed by atoms with van der Waals surface area (Å²) in [7, 11) is 0. The summed E-state index contributed by atoms with van der Waals surface area (Å²) in [5.41, 5.74) is 0.870. The van der Waals surface area contributed by atoms with Gasteiger partial charge < -0.3 is 0 Å². The number of aryl methyl sites for hydroxylation is 1. The Labute approximate surface area is 51.1 Å². The molecule has 0 aromatic carbocycles. The largest absolute Gasteiger partial charge is 0.196 e. The molecular weight excluding hydrogens is 130 g/mol. The second-order valence-corrected chi connectivity index (χ2v) is 2.54. The third-order valence-electron chi connectivity index (χ3n) is 0.542. The van der Waals surface area contributed by atoms with Gasteiger partial charge in [-0.05, 0) is 18.5 Å². The second-order valence-electron chi connectivity index (χ2n) is 1.17. The molecule has 1 aromatic heterocycles. The van der Waals surface area contributed by atoms with Gasteiger partial charge in [0.05, 0.1) is 5.69 Å². The molecule has 0 aliphatic carbocycles. The molecule has 0 fully saturated rings. The number of aromatic nitrogens is 1. The average Bonchev–Trinajstić information content (AvgIpc) is 1.87. The first-order valence-electron chi connectivity index (χ1n) is 1.80. The van der Waals surface area contributed by atoms with Crippen LogP contribution < -0.4 is 0 Å². The van der Waals surface area contributed by atoms with E-state index < -0.39 is 0 Å². The zero-order chi connectivity index (χ0) is 5.28. The first-order chi connectivity index (χ1) is 3.29. The molecule has 0 unspecified atom stereocenters. The average molecular weight is 133 g/mol. The van der Waals surface area contributed by atoms with Gasteiger partial charge in [-0.1, -0.05) is 11.6 Å². The van der Waals surface area contributed by atoms with Gasteiger partial charge in [0.15, 0.2) is 0 Å². The zero-order valence-electron chi connectivity index (χ0n) is 3.73. The van der Waals surface area contributed by atoms with Crippen LogP contribution in [0.3, 0.4) is 0 Å². The minimum absolute atomic E-state index is 0.637. The lowest BCUT2D eigenvalue weighted by Gasteiger charge is -1.64. The molecule has 37 valence electrons. The molecule has 0 spiro atoms. The number of halogens is 1. The summed E-state index contributed by atoms with van der Waals surface area (Å²) in [5.74, 6) is 0. The van der Waals surface area contributed by atoms with Crippen molar-refractivity contribution in [3.63, 3.8) is 0 Å². The van der Waals surface area contributed by atoms with Crippen LogP contribution in [0, 0.1) is 13.0 Å². The third kappa shape index (κ3) is 1.14. The van der Waals surface area contributed by atoms with E-state index in [1.54, 1.807) is 0 Å². The van der Waals surface area contributed by atoms with Gasteiger partial charge in [-0.2, -0.15) is 4.37 Å². The Balaban J connectivity index is 3.04. The van der Waals surface area contributed by atoms with Gasteiger partial charge in [0.25, 0.3) is 0 Å². The lowest BCUT2D eigenvalue weighted by molar-refractivity contribution is 1.34. The Bertz CT molecular complexity index is 144. The van der Waals surface area contributed by atoms with E-state index in [-0.39, 0.29) is 0 Å². The van der Waals surface area contributed by atoms with Gasteiger partial charge in [-0.25, -0.2) is 0 Å². The quantitative estimate of drug-likeness (QED) is 0.526. The van der Waals surface area contributed by atoms with Gasteiger partial charge >= 0.3 is 0 Å². The van der Waals surface area contributed by atoms with Gasteiger partial charge in [0, 0.05) is 6.07 Å². The molecule has 0 N–H and O–H groups in total. The summed E-state index contributed by atoms with van der Waals surface area (Å²) in [6, 6.07) is 2.81. The van der Waals surface area contributed by atoms with Crippen LogP contribution in [0.25, 0.3) is 0 Å². The van der Waals surface area contributed by atoms with Gasteiger partial charge in [0.2, 0.25) is 0 Å². The lowest BCUT2D eigenvalue weighted by Crippen LogP contribution is -1.59. The first kappa shape index (κ1) is 5.06. The Hall–Kier alpha value is -0.0800.